The number of ether oxygens (including phenoxy) is 2. The molecule has 1 aromatic heterocycles. The Morgan fingerprint density at radius 1 is 1.09 bits per heavy atom. The number of carbonyl (C=O) groups is 1. The first-order valence-electron chi connectivity index (χ1n) is 13.1. The summed E-state index contributed by atoms with van der Waals surface area (Å²) in [6.07, 6.45) is 2.62. The number of amides is 1. The van der Waals surface area contributed by atoms with Crippen molar-refractivity contribution in [1.82, 2.24) is 19.7 Å². The van der Waals surface area contributed by atoms with Crippen molar-refractivity contribution in [1.29, 1.82) is 0 Å². The van der Waals surface area contributed by atoms with Crippen LogP contribution in [0.3, 0.4) is 0 Å². The number of hydrogen-bond acceptors (Lipinski definition) is 7. The number of benzene rings is 1. The number of morpholine rings is 1. The molecule has 2 aliphatic heterocycles. The predicted molar refractivity (Wildman–Crippen MR) is 139 cm³/mol. The lowest BCUT2D eigenvalue weighted by atomic mass is 10.1. The van der Waals surface area contributed by atoms with Gasteiger partial charge in [-0.15, -0.1) is 11.3 Å². The van der Waals surface area contributed by atoms with E-state index in [1.807, 2.05) is 17.0 Å². The Morgan fingerprint density at radius 2 is 1.83 bits per heavy atom. The fourth-order valence-electron chi connectivity index (χ4n) is 5.25. The highest BCUT2D eigenvalue weighted by molar-refractivity contribution is 7.15. The standard InChI is InChI=1S/C27H38N4O3S/c1-20(2)30-11-9-29(10-12-30)8-3-15-34-23-6-4-21(5-7-23)26-28-24-18-22(19-25(24)35-26)27(32)31-13-16-33-17-14-31/h4-7,20,22H,3,8-19H2,1-2H3. The van der Waals surface area contributed by atoms with Gasteiger partial charge in [0.25, 0.3) is 0 Å². The van der Waals surface area contributed by atoms with E-state index in [2.05, 4.69) is 35.8 Å². The number of thiazole rings is 1. The van der Waals surface area contributed by atoms with Gasteiger partial charge in [-0.2, -0.15) is 0 Å². The first-order valence-corrected chi connectivity index (χ1v) is 13.9. The molecule has 1 aromatic carbocycles. The zero-order valence-electron chi connectivity index (χ0n) is 21.1. The minimum atomic E-state index is 0.0470. The van der Waals surface area contributed by atoms with Crippen LogP contribution in [-0.4, -0.2) is 97.3 Å². The van der Waals surface area contributed by atoms with Gasteiger partial charge < -0.3 is 19.3 Å². The Bertz CT molecular complexity index is 955. The summed E-state index contributed by atoms with van der Waals surface area (Å²) in [4.78, 5) is 26.0. The Morgan fingerprint density at radius 3 is 2.51 bits per heavy atom. The highest BCUT2D eigenvalue weighted by atomic mass is 32.1. The van der Waals surface area contributed by atoms with E-state index in [9.17, 15) is 4.79 Å². The summed E-state index contributed by atoms with van der Waals surface area (Å²) in [7, 11) is 0. The molecule has 3 aliphatic rings. The van der Waals surface area contributed by atoms with E-state index in [0.717, 1.165) is 67.5 Å². The Balaban J connectivity index is 1.06. The maximum absolute atomic E-state index is 12.8. The van der Waals surface area contributed by atoms with Crippen molar-refractivity contribution in [3.8, 4) is 16.3 Å². The second-order valence-corrected chi connectivity index (χ2v) is 11.2. The van der Waals surface area contributed by atoms with Crippen LogP contribution >= 0.6 is 11.3 Å². The zero-order chi connectivity index (χ0) is 24.2. The van der Waals surface area contributed by atoms with E-state index in [-0.39, 0.29) is 11.8 Å². The summed E-state index contributed by atoms with van der Waals surface area (Å²) >= 11 is 1.73. The van der Waals surface area contributed by atoms with Crippen LogP contribution in [0.5, 0.6) is 5.75 Å². The van der Waals surface area contributed by atoms with Gasteiger partial charge in [-0.05, 0) is 51.0 Å². The Kier molecular flexibility index (Phi) is 8.02. The van der Waals surface area contributed by atoms with E-state index >= 15 is 0 Å². The van der Waals surface area contributed by atoms with Crippen molar-refractivity contribution in [2.24, 2.45) is 5.92 Å². The van der Waals surface area contributed by atoms with Gasteiger partial charge in [-0.3, -0.25) is 9.69 Å². The number of hydrogen-bond donors (Lipinski definition) is 0. The predicted octanol–water partition coefficient (Wildman–Crippen LogP) is 3.18. The van der Waals surface area contributed by atoms with Crippen molar-refractivity contribution in [2.75, 3.05) is 65.6 Å². The molecule has 2 aromatic rings. The Labute approximate surface area is 213 Å². The second-order valence-electron chi connectivity index (χ2n) is 10.1. The van der Waals surface area contributed by atoms with Gasteiger partial charge in [0, 0.05) is 74.6 Å². The summed E-state index contributed by atoms with van der Waals surface area (Å²) in [5.41, 5.74) is 2.22. The van der Waals surface area contributed by atoms with Crippen LogP contribution in [0.15, 0.2) is 24.3 Å². The molecule has 2 fully saturated rings. The molecule has 1 atom stereocenters. The van der Waals surface area contributed by atoms with Gasteiger partial charge >= 0.3 is 0 Å². The minimum absolute atomic E-state index is 0.0470. The second kappa shape index (κ2) is 11.4. The third-order valence-electron chi connectivity index (χ3n) is 7.45. The highest BCUT2D eigenvalue weighted by Crippen LogP contribution is 2.37. The van der Waals surface area contributed by atoms with Crippen molar-refractivity contribution in [2.45, 2.75) is 39.2 Å². The number of aromatic nitrogens is 1. The summed E-state index contributed by atoms with van der Waals surface area (Å²) in [6, 6.07) is 8.95. The number of carbonyl (C=O) groups excluding carboxylic acids is 1. The molecule has 0 bridgehead atoms. The third kappa shape index (κ3) is 6.05. The van der Waals surface area contributed by atoms with Crippen LogP contribution in [0.1, 0.15) is 30.8 Å². The quantitative estimate of drug-likeness (QED) is 0.521. The first kappa shape index (κ1) is 24.7. The number of nitrogens with zero attached hydrogens (tertiary/aromatic N) is 4. The smallest absolute Gasteiger partial charge is 0.226 e. The van der Waals surface area contributed by atoms with E-state index in [0.29, 0.717) is 32.3 Å². The van der Waals surface area contributed by atoms with Crippen LogP contribution in [0.2, 0.25) is 0 Å². The van der Waals surface area contributed by atoms with E-state index in [4.69, 9.17) is 14.5 Å². The molecule has 0 radical (unpaired) electrons. The Hall–Kier alpha value is -2.00. The summed E-state index contributed by atoms with van der Waals surface area (Å²) < 4.78 is 11.4. The maximum atomic E-state index is 12.8. The number of fused-ring (bicyclic) bond motifs is 1. The van der Waals surface area contributed by atoms with Crippen molar-refractivity contribution in [3.05, 3.63) is 34.8 Å². The number of rotatable bonds is 8. The summed E-state index contributed by atoms with van der Waals surface area (Å²) in [5, 5.41) is 1.04. The monoisotopic (exact) mass is 498 g/mol. The summed E-state index contributed by atoms with van der Waals surface area (Å²) in [5.74, 6) is 1.23. The van der Waals surface area contributed by atoms with E-state index in [1.54, 1.807) is 11.3 Å². The molecule has 1 aliphatic carbocycles. The minimum Gasteiger partial charge on any atom is -0.494 e. The van der Waals surface area contributed by atoms with Crippen LogP contribution in [0, 0.1) is 5.92 Å². The molecule has 8 heteroatoms. The SMILES string of the molecule is CC(C)N1CCN(CCCOc2ccc(-c3nc4c(s3)CC(C(=O)N3CCOCC3)C4)cc2)CC1. The van der Waals surface area contributed by atoms with Crippen LogP contribution < -0.4 is 4.74 Å². The molecule has 35 heavy (non-hydrogen) atoms. The fraction of sp³-hybridized carbons (Fsp3) is 0.630. The fourth-order valence-corrected chi connectivity index (χ4v) is 6.42. The van der Waals surface area contributed by atoms with E-state index in [1.165, 1.54) is 18.0 Å². The summed E-state index contributed by atoms with van der Waals surface area (Å²) in [6.45, 7) is 13.8. The number of piperazine rings is 1. The molecule has 7 nitrogen and oxygen atoms in total. The van der Waals surface area contributed by atoms with Gasteiger partial charge in [0.2, 0.25) is 5.91 Å². The lowest BCUT2D eigenvalue weighted by Crippen LogP contribution is -2.49. The molecular formula is C27H38N4O3S. The molecule has 0 N–H and O–H groups in total. The largest absolute Gasteiger partial charge is 0.494 e. The average Bonchev–Trinajstić information content (AvgIpc) is 3.47. The molecule has 190 valence electrons. The zero-order valence-corrected chi connectivity index (χ0v) is 21.9. The normalized spacial score (nSPS) is 21.5. The van der Waals surface area contributed by atoms with Crippen LogP contribution in [0.4, 0.5) is 0 Å². The highest BCUT2D eigenvalue weighted by Gasteiger charge is 2.34. The lowest BCUT2D eigenvalue weighted by molar-refractivity contribution is -0.139. The van der Waals surface area contributed by atoms with Gasteiger partial charge in [-0.25, -0.2) is 4.98 Å². The van der Waals surface area contributed by atoms with Gasteiger partial charge in [0.05, 0.1) is 25.5 Å². The van der Waals surface area contributed by atoms with Crippen molar-refractivity contribution < 1.29 is 14.3 Å². The molecule has 0 saturated carbocycles. The lowest BCUT2D eigenvalue weighted by Gasteiger charge is -2.36. The van der Waals surface area contributed by atoms with Crippen LogP contribution in [0.25, 0.3) is 10.6 Å². The van der Waals surface area contributed by atoms with Crippen LogP contribution in [-0.2, 0) is 22.4 Å². The molecule has 3 heterocycles. The molecule has 1 amide bonds. The molecule has 5 rings (SSSR count). The molecule has 0 spiro atoms. The van der Waals surface area contributed by atoms with Gasteiger partial charge in [0.1, 0.15) is 10.8 Å². The van der Waals surface area contributed by atoms with Crippen molar-refractivity contribution >= 4 is 17.2 Å². The molecule has 1 unspecified atom stereocenters. The third-order valence-corrected chi connectivity index (χ3v) is 8.62. The van der Waals surface area contributed by atoms with Gasteiger partial charge in [0.15, 0.2) is 0 Å². The molecular weight excluding hydrogens is 460 g/mol. The molecule has 2 saturated heterocycles. The van der Waals surface area contributed by atoms with E-state index < -0.39 is 0 Å². The van der Waals surface area contributed by atoms with Crippen molar-refractivity contribution in [3.63, 3.8) is 0 Å². The van der Waals surface area contributed by atoms with Gasteiger partial charge in [-0.1, -0.05) is 0 Å². The topological polar surface area (TPSA) is 58.1 Å². The maximum Gasteiger partial charge on any atom is 0.226 e. The average molecular weight is 499 g/mol. The first-order chi connectivity index (χ1) is 17.1.